The van der Waals surface area contributed by atoms with E-state index in [1.165, 1.54) is 46.2 Å². The molecule has 0 saturated heterocycles. The predicted molar refractivity (Wildman–Crippen MR) is 271 cm³/mol. The Morgan fingerprint density at radius 2 is 1.47 bits per heavy atom. The largest absolute Gasteiger partial charge is 0.495 e. The monoisotopic (exact) mass is 903 g/mol. The lowest BCUT2D eigenvalue weighted by Gasteiger charge is -2.69. The average Bonchev–Trinajstić information content (AvgIpc) is 3.60. The van der Waals surface area contributed by atoms with Crippen LogP contribution in [0.5, 0.6) is 0 Å². The first-order valence-electron chi connectivity index (χ1n) is 25.7. The van der Waals surface area contributed by atoms with Crippen molar-refractivity contribution in [2.24, 2.45) is 63.6 Å². The second kappa shape index (κ2) is 19.6. The van der Waals surface area contributed by atoms with Gasteiger partial charge in [-0.2, -0.15) is 0 Å². The number of rotatable bonds is 11. The third kappa shape index (κ3) is 8.70. The van der Waals surface area contributed by atoms with Crippen molar-refractivity contribution in [3.8, 4) is 11.1 Å². The van der Waals surface area contributed by atoms with Crippen molar-refractivity contribution in [2.75, 3.05) is 7.05 Å². The lowest BCUT2D eigenvalue weighted by Crippen LogP contribution is -2.66. The molecular weight excluding hydrogens is 817 g/mol. The Bertz CT molecular complexity index is 2120. The second-order valence-corrected chi connectivity index (χ2v) is 23.0. The van der Waals surface area contributed by atoms with Gasteiger partial charge in [-0.1, -0.05) is 129 Å². The number of amides is 1. The third-order valence-electron chi connectivity index (χ3n) is 19.1. The Morgan fingerprint density at radius 3 is 2.00 bits per heavy atom. The van der Waals surface area contributed by atoms with Crippen LogP contribution in [-0.2, 0) is 19.1 Å². The molecule has 0 radical (unpaired) electrons. The van der Waals surface area contributed by atoms with E-state index >= 15 is 0 Å². The van der Waals surface area contributed by atoms with Gasteiger partial charge in [0.05, 0.1) is 22.8 Å². The molecule has 5 fully saturated rings. The number of hydrogen-bond donors (Lipinski definition) is 3. The minimum absolute atomic E-state index is 0.0251. The number of hydrogen-bond acceptors (Lipinski definition) is 5. The van der Waals surface area contributed by atoms with Crippen molar-refractivity contribution in [1.29, 1.82) is 0 Å². The van der Waals surface area contributed by atoms with Crippen LogP contribution in [0.15, 0.2) is 84.7 Å². The quantitative estimate of drug-likeness (QED) is 0.118. The summed E-state index contributed by atoms with van der Waals surface area (Å²) in [4.78, 5) is 37.8. The maximum atomic E-state index is 13.8. The number of carbonyl (C=O) groups excluding carboxylic acids is 2. The maximum Gasteiger partial charge on any atom is 0.306 e. The minimum Gasteiger partial charge on any atom is -0.495 e. The predicted octanol–water partition coefficient (Wildman–Crippen LogP) is 13.3. The molecule has 11 unspecified atom stereocenters. The van der Waals surface area contributed by atoms with Gasteiger partial charge in [-0.25, -0.2) is 0 Å². The number of aldehydes is 1. The fourth-order valence-corrected chi connectivity index (χ4v) is 14.9. The van der Waals surface area contributed by atoms with Gasteiger partial charge >= 0.3 is 5.97 Å². The molecule has 1 amide bonds. The van der Waals surface area contributed by atoms with Gasteiger partial charge in [0, 0.05) is 23.7 Å². The third-order valence-corrected chi connectivity index (χ3v) is 19.1. The number of ether oxygens (including phenoxy) is 1. The molecule has 6 aliphatic carbocycles. The molecule has 6 aliphatic rings. The highest BCUT2D eigenvalue weighted by Gasteiger charge is 2.66. The number of carboxylic acid groups (broad SMARTS) is 1. The van der Waals surface area contributed by atoms with Crippen molar-refractivity contribution in [3.05, 3.63) is 95.8 Å². The van der Waals surface area contributed by atoms with E-state index in [0.29, 0.717) is 48.3 Å². The SMILES string of the molecule is C=C(OC1CCC2(C)C(CCC3(C)C4CCC(CC=O)(NC(=O)C(C)(C)NC)/C(=C(\C)C(C)C)C4CCC32)C1(C)C)C1CC(C(=O)O)C1C.C=CC1c2ccccc2-c2ccccc21.CC. The van der Waals surface area contributed by atoms with E-state index < -0.39 is 17.0 Å². The van der Waals surface area contributed by atoms with Crippen molar-refractivity contribution in [3.63, 3.8) is 0 Å². The number of allylic oxidation sites excluding steroid dienone is 3. The zero-order chi connectivity index (χ0) is 48.7. The molecular formula is C59H86N2O5. The van der Waals surface area contributed by atoms with Crippen molar-refractivity contribution in [1.82, 2.24) is 10.6 Å². The molecule has 0 aliphatic heterocycles. The van der Waals surface area contributed by atoms with Crippen LogP contribution >= 0.6 is 0 Å². The van der Waals surface area contributed by atoms with E-state index in [1.807, 2.05) is 47.7 Å². The maximum absolute atomic E-state index is 13.8. The van der Waals surface area contributed by atoms with E-state index in [9.17, 15) is 19.5 Å². The molecule has 0 spiro atoms. The van der Waals surface area contributed by atoms with Gasteiger partial charge < -0.3 is 25.3 Å². The normalized spacial score (nSPS) is 34.6. The Labute approximate surface area is 399 Å². The van der Waals surface area contributed by atoms with E-state index in [4.69, 9.17) is 4.74 Å². The van der Waals surface area contributed by atoms with Gasteiger partial charge in [-0.05, 0) is 160 Å². The Morgan fingerprint density at radius 1 is 0.879 bits per heavy atom. The fraction of sp³-hybridized carbons (Fsp3) is 0.644. The summed E-state index contributed by atoms with van der Waals surface area (Å²) < 4.78 is 6.76. The van der Waals surface area contributed by atoms with E-state index in [0.717, 1.165) is 50.6 Å². The number of carboxylic acids is 1. The van der Waals surface area contributed by atoms with Crippen LogP contribution in [0.25, 0.3) is 11.1 Å². The summed E-state index contributed by atoms with van der Waals surface area (Å²) >= 11 is 0. The Hall–Kier alpha value is -3.97. The number of fused-ring (bicyclic) bond motifs is 8. The molecule has 5 saturated carbocycles. The molecule has 7 heteroatoms. The molecule has 2 aromatic rings. The van der Waals surface area contributed by atoms with Crippen LogP contribution in [0.4, 0.5) is 0 Å². The molecule has 0 bridgehead atoms. The van der Waals surface area contributed by atoms with E-state index in [1.54, 1.807) is 0 Å². The summed E-state index contributed by atoms with van der Waals surface area (Å²) in [6.07, 6.45) is 12.7. The first-order chi connectivity index (χ1) is 31.1. The lowest BCUT2D eigenvalue weighted by atomic mass is 9.36. The van der Waals surface area contributed by atoms with Gasteiger partial charge in [0.1, 0.15) is 12.4 Å². The summed E-state index contributed by atoms with van der Waals surface area (Å²) in [7, 11) is 1.82. The number of likely N-dealkylation sites (N-methyl/N-ethyl adjacent to an activating group) is 1. The van der Waals surface area contributed by atoms with Gasteiger partial charge in [-0.15, -0.1) is 6.58 Å². The molecule has 0 aromatic heterocycles. The first kappa shape index (κ1) is 51.4. The van der Waals surface area contributed by atoms with E-state index in [2.05, 4.69) is 121 Å². The summed E-state index contributed by atoms with van der Waals surface area (Å²) in [5, 5.41) is 16.2. The summed E-state index contributed by atoms with van der Waals surface area (Å²) in [6.45, 7) is 34.9. The molecule has 3 N–H and O–H groups in total. The molecule has 0 heterocycles. The molecule has 362 valence electrons. The van der Waals surface area contributed by atoms with Gasteiger partial charge in [-0.3, -0.25) is 9.59 Å². The van der Waals surface area contributed by atoms with Crippen LogP contribution in [0.2, 0.25) is 0 Å². The summed E-state index contributed by atoms with van der Waals surface area (Å²) in [6, 6.07) is 17.2. The number of nitrogens with one attached hydrogen (secondary N) is 2. The number of benzene rings is 2. The minimum atomic E-state index is -0.737. The standard InChI is InChI=1S/C42H68N2O5.C15H12.C2H6/c1-24(2)25(3)35-28-13-14-33-40(10,31(28)15-20-42(35,21-22-45)44-37(48)39(8,9)43-12)18-16-32-38(6,7)34(17-19-41(32,33)11)49-27(5)29-23-30(26(29)4)36(46)47;1-2-11-12-7-3-5-9-14(12)15-10-6-4-8-13(11)15;1-2/h22,24,26,28-34,43H,5,13-21,23H2,1-4,6-12H3,(H,44,48)(H,46,47);2-11H,1H2;1-2H3/b35-25+;;. The van der Waals surface area contributed by atoms with Gasteiger partial charge in [0.15, 0.2) is 0 Å². The highest BCUT2D eigenvalue weighted by atomic mass is 16.5. The van der Waals surface area contributed by atoms with Crippen LogP contribution in [0.3, 0.4) is 0 Å². The zero-order valence-electron chi connectivity index (χ0n) is 43.1. The zero-order valence-corrected chi connectivity index (χ0v) is 43.1. The van der Waals surface area contributed by atoms with Gasteiger partial charge in [0.2, 0.25) is 5.91 Å². The van der Waals surface area contributed by atoms with Crippen LogP contribution in [-0.4, -0.2) is 47.5 Å². The summed E-state index contributed by atoms with van der Waals surface area (Å²) in [5.41, 5.74) is 7.15. The van der Waals surface area contributed by atoms with Crippen molar-refractivity contribution >= 4 is 18.2 Å². The van der Waals surface area contributed by atoms with Crippen LogP contribution in [0, 0.1) is 63.6 Å². The Balaban J connectivity index is 0.000000352. The second-order valence-electron chi connectivity index (χ2n) is 23.0. The topological polar surface area (TPSA) is 105 Å². The fourth-order valence-electron chi connectivity index (χ4n) is 14.9. The Kier molecular flexibility index (Phi) is 15.2. The summed E-state index contributed by atoms with van der Waals surface area (Å²) in [5.74, 6) is 2.63. The van der Waals surface area contributed by atoms with Crippen molar-refractivity contribution < 1.29 is 24.2 Å². The molecule has 11 atom stereocenters. The average molecular weight is 903 g/mol. The smallest absolute Gasteiger partial charge is 0.306 e. The van der Waals surface area contributed by atoms with Crippen LogP contribution in [0.1, 0.15) is 164 Å². The van der Waals surface area contributed by atoms with Gasteiger partial charge in [0.25, 0.3) is 0 Å². The number of carbonyl (C=O) groups is 3. The lowest BCUT2D eigenvalue weighted by molar-refractivity contribution is -0.207. The van der Waals surface area contributed by atoms with E-state index in [-0.39, 0.29) is 46.0 Å². The molecule has 8 rings (SSSR count). The van der Waals surface area contributed by atoms with Crippen LogP contribution < -0.4 is 10.6 Å². The number of aliphatic carboxylic acids is 1. The molecule has 2 aromatic carbocycles. The highest BCUT2D eigenvalue weighted by Crippen LogP contribution is 2.72. The molecule has 7 nitrogen and oxygen atoms in total. The highest BCUT2D eigenvalue weighted by molar-refractivity contribution is 5.87. The van der Waals surface area contributed by atoms with Crippen molar-refractivity contribution in [2.45, 2.75) is 170 Å². The molecule has 66 heavy (non-hydrogen) atoms. The first-order valence-corrected chi connectivity index (χ1v) is 25.7.